The molecule has 1 aromatic carbocycles. The Morgan fingerprint density at radius 1 is 1.47 bits per heavy atom. The molecule has 0 bridgehead atoms. The highest BCUT2D eigenvalue weighted by molar-refractivity contribution is 6.32. The van der Waals surface area contributed by atoms with Crippen LogP contribution >= 0.6 is 11.6 Å². The van der Waals surface area contributed by atoms with E-state index in [2.05, 4.69) is 0 Å². The highest BCUT2D eigenvalue weighted by Gasteiger charge is 2.45. The number of nitrogens with zero attached hydrogens (tertiary/aromatic N) is 1. The first-order valence-corrected chi connectivity index (χ1v) is 6.67. The normalized spacial score (nSPS) is 17.2. The van der Waals surface area contributed by atoms with Crippen molar-refractivity contribution in [1.82, 2.24) is 4.90 Å². The molecule has 0 aliphatic carbocycles. The second kappa shape index (κ2) is 5.39. The van der Waals surface area contributed by atoms with Gasteiger partial charge >= 0.3 is 0 Å². The van der Waals surface area contributed by atoms with Gasteiger partial charge in [-0.05, 0) is 18.1 Å². The second-order valence-electron chi connectivity index (χ2n) is 5.23. The molecule has 1 saturated heterocycles. The summed E-state index contributed by atoms with van der Waals surface area (Å²) in [5, 5.41) is 10.6. The zero-order valence-electron chi connectivity index (χ0n) is 11.1. The van der Waals surface area contributed by atoms with E-state index in [1.165, 1.54) is 0 Å². The number of aliphatic hydroxyl groups is 1. The molecule has 19 heavy (non-hydrogen) atoms. The van der Waals surface area contributed by atoms with Crippen LogP contribution in [0.3, 0.4) is 0 Å². The molecule has 0 unspecified atom stereocenters. The zero-order valence-corrected chi connectivity index (χ0v) is 11.9. The minimum atomic E-state index is -0.750. The Bertz CT molecular complexity index is 470. The number of rotatable bonds is 4. The molecule has 1 fully saturated rings. The van der Waals surface area contributed by atoms with E-state index in [0.717, 1.165) is 0 Å². The molecule has 0 aromatic heterocycles. The largest absolute Gasteiger partial charge is 0.482 e. The molecule has 2 rings (SSSR count). The fourth-order valence-corrected chi connectivity index (χ4v) is 2.14. The zero-order chi connectivity index (χ0) is 14.0. The van der Waals surface area contributed by atoms with Crippen molar-refractivity contribution in [3.63, 3.8) is 0 Å². The van der Waals surface area contributed by atoms with E-state index in [9.17, 15) is 9.90 Å². The van der Waals surface area contributed by atoms with Crippen LogP contribution in [0.15, 0.2) is 24.3 Å². The van der Waals surface area contributed by atoms with Crippen molar-refractivity contribution < 1.29 is 14.6 Å². The van der Waals surface area contributed by atoms with Crippen molar-refractivity contribution in [2.75, 3.05) is 19.7 Å². The number of likely N-dealkylation sites (tertiary alicyclic amines) is 1. The number of carbonyl (C=O) groups excluding carboxylic acids is 1. The molecule has 0 atom stereocenters. The molecule has 0 radical (unpaired) electrons. The molecular weight excluding hydrogens is 266 g/mol. The van der Waals surface area contributed by atoms with Crippen LogP contribution in [0.1, 0.15) is 13.8 Å². The molecule has 4 nitrogen and oxygen atoms in total. The van der Waals surface area contributed by atoms with Crippen LogP contribution in [-0.4, -0.2) is 41.2 Å². The fourth-order valence-electron chi connectivity index (χ4n) is 1.95. The Morgan fingerprint density at radius 3 is 2.68 bits per heavy atom. The molecule has 1 aliphatic rings. The Balaban J connectivity index is 1.83. The second-order valence-corrected chi connectivity index (χ2v) is 5.63. The van der Waals surface area contributed by atoms with Crippen molar-refractivity contribution in [3.8, 4) is 5.75 Å². The lowest BCUT2D eigenvalue weighted by molar-refractivity contribution is -0.165. The molecule has 1 aromatic rings. The van der Waals surface area contributed by atoms with Gasteiger partial charge in [0.15, 0.2) is 6.61 Å². The van der Waals surface area contributed by atoms with E-state index in [0.29, 0.717) is 23.9 Å². The number of β-amino-alcohol motifs (C(OH)–C–C–N with tert-alkyl or cyclic N) is 1. The predicted octanol–water partition coefficient (Wildman–Crippen LogP) is 1.95. The van der Waals surface area contributed by atoms with Crippen LogP contribution in [0.2, 0.25) is 5.02 Å². The average molecular weight is 284 g/mol. The Hall–Kier alpha value is -1.26. The topological polar surface area (TPSA) is 49.8 Å². The first-order chi connectivity index (χ1) is 8.92. The van der Waals surface area contributed by atoms with Crippen molar-refractivity contribution in [3.05, 3.63) is 29.3 Å². The summed E-state index contributed by atoms with van der Waals surface area (Å²) in [7, 11) is 0. The van der Waals surface area contributed by atoms with Gasteiger partial charge in [0, 0.05) is 0 Å². The van der Waals surface area contributed by atoms with E-state index in [4.69, 9.17) is 16.3 Å². The van der Waals surface area contributed by atoms with Gasteiger partial charge in [-0.15, -0.1) is 0 Å². The molecule has 1 heterocycles. The molecule has 1 amide bonds. The van der Waals surface area contributed by atoms with Gasteiger partial charge in [0.2, 0.25) is 0 Å². The molecule has 5 heteroatoms. The molecule has 1 aliphatic heterocycles. The average Bonchev–Trinajstić information content (AvgIpc) is 2.33. The maximum Gasteiger partial charge on any atom is 0.260 e. The maximum absolute atomic E-state index is 11.9. The monoisotopic (exact) mass is 283 g/mol. The summed E-state index contributed by atoms with van der Waals surface area (Å²) in [5.41, 5.74) is -0.750. The van der Waals surface area contributed by atoms with Crippen LogP contribution < -0.4 is 4.74 Å². The summed E-state index contributed by atoms with van der Waals surface area (Å²) < 4.78 is 5.38. The SMILES string of the molecule is CC(C)C1(O)CN(C(=O)COc2ccccc2Cl)C1. The lowest BCUT2D eigenvalue weighted by Gasteiger charge is -2.48. The van der Waals surface area contributed by atoms with Crippen LogP contribution in [0.4, 0.5) is 0 Å². The Kier molecular flexibility index (Phi) is 4.02. The van der Waals surface area contributed by atoms with Gasteiger partial charge in [-0.25, -0.2) is 0 Å². The number of halogens is 1. The lowest BCUT2D eigenvalue weighted by atomic mass is 9.83. The standard InChI is InChI=1S/C14H18ClNO3/c1-10(2)14(18)8-16(9-14)13(17)7-19-12-6-4-3-5-11(12)15/h3-6,10,18H,7-9H2,1-2H3. The van der Waals surface area contributed by atoms with Crippen LogP contribution in [0.25, 0.3) is 0 Å². The summed E-state index contributed by atoms with van der Waals surface area (Å²) in [5.74, 6) is 0.503. The minimum absolute atomic E-state index is 0.0576. The van der Waals surface area contributed by atoms with Crippen molar-refractivity contribution in [1.29, 1.82) is 0 Å². The third kappa shape index (κ3) is 3.01. The van der Waals surface area contributed by atoms with Gasteiger partial charge in [-0.3, -0.25) is 4.79 Å². The van der Waals surface area contributed by atoms with E-state index in [1.54, 1.807) is 29.2 Å². The number of amides is 1. The van der Waals surface area contributed by atoms with Gasteiger partial charge in [0.25, 0.3) is 5.91 Å². The van der Waals surface area contributed by atoms with E-state index < -0.39 is 5.60 Å². The van der Waals surface area contributed by atoms with Crippen LogP contribution in [0.5, 0.6) is 5.75 Å². The summed E-state index contributed by atoms with van der Waals surface area (Å²) >= 11 is 5.93. The number of benzene rings is 1. The minimum Gasteiger partial charge on any atom is -0.482 e. The van der Waals surface area contributed by atoms with Crippen molar-refractivity contribution in [2.24, 2.45) is 5.92 Å². The number of carbonyl (C=O) groups is 1. The summed E-state index contributed by atoms with van der Waals surface area (Å²) in [6.07, 6.45) is 0. The molecule has 104 valence electrons. The fraction of sp³-hybridized carbons (Fsp3) is 0.500. The van der Waals surface area contributed by atoms with Crippen LogP contribution in [0, 0.1) is 5.92 Å². The quantitative estimate of drug-likeness (QED) is 0.919. The highest BCUT2D eigenvalue weighted by atomic mass is 35.5. The molecule has 0 saturated carbocycles. The summed E-state index contributed by atoms with van der Waals surface area (Å²) in [6.45, 7) is 4.58. The van der Waals surface area contributed by atoms with Crippen LogP contribution in [-0.2, 0) is 4.79 Å². The molecule has 1 N–H and O–H groups in total. The first-order valence-electron chi connectivity index (χ1n) is 6.30. The van der Waals surface area contributed by atoms with Gasteiger partial charge < -0.3 is 14.7 Å². The predicted molar refractivity (Wildman–Crippen MR) is 73.3 cm³/mol. The van der Waals surface area contributed by atoms with Gasteiger partial charge in [-0.1, -0.05) is 37.6 Å². The maximum atomic E-state index is 11.9. The summed E-state index contributed by atoms with van der Waals surface area (Å²) in [4.78, 5) is 13.5. The van der Waals surface area contributed by atoms with Gasteiger partial charge in [0.05, 0.1) is 18.1 Å². The smallest absolute Gasteiger partial charge is 0.260 e. The Labute approximate surface area is 117 Å². The first kappa shape index (κ1) is 14.2. The molecular formula is C14H18ClNO3. The molecule has 0 spiro atoms. The number of para-hydroxylation sites is 1. The van der Waals surface area contributed by atoms with Gasteiger partial charge in [-0.2, -0.15) is 0 Å². The number of ether oxygens (including phenoxy) is 1. The van der Waals surface area contributed by atoms with Gasteiger partial charge in [0.1, 0.15) is 11.4 Å². The third-order valence-electron chi connectivity index (χ3n) is 3.54. The number of hydrogen-bond donors (Lipinski definition) is 1. The van der Waals surface area contributed by atoms with E-state index in [-0.39, 0.29) is 18.4 Å². The lowest BCUT2D eigenvalue weighted by Crippen LogP contribution is -2.66. The summed E-state index contributed by atoms with van der Waals surface area (Å²) in [6, 6.07) is 7.03. The van der Waals surface area contributed by atoms with Crippen molar-refractivity contribution >= 4 is 17.5 Å². The third-order valence-corrected chi connectivity index (χ3v) is 3.86. The van der Waals surface area contributed by atoms with Crippen molar-refractivity contribution in [2.45, 2.75) is 19.4 Å². The van der Waals surface area contributed by atoms with E-state index in [1.807, 2.05) is 13.8 Å². The van der Waals surface area contributed by atoms with E-state index >= 15 is 0 Å². The number of hydrogen-bond acceptors (Lipinski definition) is 3. The Morgan fingerprint density at radius 2 is 2.11 bits per heavy atom. The highest BCUT2D eigenvalue weighted by Crippen LogP contribution is 2.29.